The van der Waals surface area contributed by atoms with E-state index in [1.807, 2.05) is 19.1 Å². The molecule has 0 atom stereocenters. The number of rotatable bonds is 3. The molecule has 0 unspecified atom stereocenters. The molecule has 2 aromatic rings. The van der Waals surface area contributed by atoms with E-state index in [9.17, 15) is 14.4 Å². The number of hydrogen-bond acceptors (Lipinski definition) is 6. The molecule has 0 aliphatic carbocycles. The van der Waals surface area contributed by atoms with E-state index in [1.165, 1.54) is 19.9 Å². The first-order valence-electron chi connectivity index (χ1n) is 8.31. The monoisotopic (exact) mass is 366 g/mol. The summed E-state index contributed by atoms with van der Waals surface area (Å²) in [6.45, 7) is 4.90. The molecule has 1 heterocycles. The fraction of sp³-hybridized carbons (Fsp3) is 0.190. The van der Waals surface area contributed by atoms with E-state index in [-0.39, 0.29) is 5.57 Å². The summed E-state index contributed by atoms with van der Waals surface area (Å²) < 4.78 is 15.4. The molecule has 0 radical (unpaired) electrons. The van der Waals surface area contributed by atoms with Crippen LogP contribution in [0.5, 0.6) is 5.75 Å². The summed E-state index contributed by atoms with van der Waals surface area (Å²) in [4.78, 5) is 36.0. The predicted octanol–water partition coefficient (Wildman–Crippen LogP) is 3.43. The molecule has 0 N–H and O–H groups in total. The van der Waals surface area contributed by atoms with Gasteiger partial charge in [-0.1, -0.05) is 29.8 Å². The van der Waals surface area contributed by atoms with Crippen molar-refractivity contribution in [1.29, 1.82) is 0 Å². The minimum absolute atomic E-state index is 0.196. The smallest absolute Gasteiger partial charge is 0.348 e. The van der Waals surface area contributed by atoms with E-state index in [2.05, 4.69) is 0 Å². The molecule has 1 aliphatic rings. The molecule has 0 aromatic heterocycles. The van der Waals surface area contributed by atoms with Crippen molar-refractivity contribution in [3.05, 3.63) is 70.8 Å². The van der Waals surface area contributed by atoms with Crippen LogP contribution < -0.4 is 4.74 Å². The van der Waals surface area contributed by atoms with Crippen molar-refractivity contribution >= 4 is 24.0 Å². The number of carbonyl (C=O) groups excluding carboxylic acids is 3. The summed E-state index contributed by atoms with van der Waals surface area (Å²) in [5.41, 5.74) is 1.86. The second kappa shape index (κ2) is 7.07. The number of ether oxygens (including phenoxy) is 3. The van der Waals surface area contributed by atoms with Crippen LogP contribution in [-0.4, -0.2) is 23.7 Å². The Bertz CT molecular complexity index is 898. The van der Waals surface area contributed by atoms with E-state index in [0.717, 1.165) is 5.56 Å². The molecule has 1 aliphatic heterocycles. The Morgan fingerprint density at radius 1 is 0.926 bits per heavy atom. The van der Waals surface area contributed by atoms with Crippen molar-refractivity contribution in [3.63, 3.8) is 0 Å². The Kier molecular flexibility index (Phi) is 4.81. The summed E-state index contributed by atoms with van der Waals surface area (Å²) >= 11 is 0. The molecule has 1 fully saturated rings. The summed E-state index contributed by atoms with van der Waals surface area (Å²) in [7, 11) is 0. The average Bonchev–Trinajstić information content (AvgIpc) is 2.59. The standard InChI is InChI=1S/C21H18O6/c1-13-4-8-15(9-5-13)18(22)25-16-10-6-14(7-11-16)12-17-19(23)26-21(2,3)27-20(17)24/h4-12H,1-3H3. The first kappa shape index (κ1) is 18.4. The van der Waals surface area contributed by atoms with Crippen molar-refractivity contribution < 1.29 is 28.6 Å². The SMILES string of the molecule is Cc1ccc(C(=O)Oc2ccc(C=C3C(=O)OC(C)(C)OC3=O)cc2)cc1. The topological polar surface area (TPSA) is 78.9 Å². The zero-order valence-corrected chi connectivity index (χ0v) is 15.1. The maximum absolute atomic E-state index is 12.1. The highest BCUT2D eigenvalue weighted by Gasteiger charge is 2.38. The highest BCUT2D eigenvalue weighted by Crippen LogP contribution is 2.24. The van der Waals surface area contributed by atoms with Crippen molar-refractivity contribution in [2.75, 3.05) is 0 Å². The van der Waals surface area contributed by atoms with Gasteiger partial charge in [0.25, 0.3) is 5.79 Å². The zero-order chi connectivity index (χ0) is 19.6. The molecular formula is C21H18O6. The second-order valence-corrected chi connectivity index (χ2v) is 6.56. The van der Waals surface area contributed by atoms with Crippen molar-refractivity contribution in [3.8, 4) is 5.75 Å². The Morgan fingerprint density at radius 2 is 1.48 bits per heavy atom. The number of hydrogen-bond donors (Lipinski definition) is 0. The molecule has 0 amide bonds. The lowest BCUT2D eigenvalue weighted by molar-refractivity contribution is -0.222. The third kappa shape index (κ3) is 4.41. The normalized spacial score (nSPS) is 15.6. The highest BCUT2D eigenvalue weighted by molar-refractivity contribution is 6.18. The van der Waals surface area contributed by atoms with Gasteiger partial charge in [-0.15, -0.1) is 0 Å². The lowest BCUT2D eigenvalue weighted by Crippen LogP contribution is -2.41. The Morgan fingerprint density at radius 3 is 2.04 bits per heavy atom. The molecule has 0 saturated carbocycles. The third-order valence-corrected chi connectivity index (χ3v) is 3.81. The van der Waals surface area contributed by atoms with Crippen LogP contribution in [0.15, 0.2) is 54.1 Å². The van der Waals surface area contributed by atoms with Gasteiger partial charge in [0.15, 0.2) is 0 Å². The fourth-order valence-electron chi connectivity index (χ4n) is 2.43. The number of benzene rings is 2. The van der Waals surface area contributed by atoms with E-state index in [4.69, 9.17) is 14.2 Å². The summed E-state index contributed by atoms with van der Waals surface area (Å²) in [5, 5.41) is 0. The number of esters is 3. The van der Waals surface area contributed by atoms with E-state index >= 15 is 0 Å². The van der Waals surface area contributed by atoms with Gasteiger partial charge < -0.3 is 14.2 Å². The van der Waals surface area contributed by atoms with Crippen LogP contribution in [0, 0.1) is 6.92 Å². The molecule has 6 heteroatoms. The van der Waals surface area contributed by atoms with E-state index in [1.54, 1.807) is 36.4 Å². The van der Waals surface area contributed by atoms with E-state index < -0.39 is 23.7 Å². The molecule has 0 spiro atoms. The van der Waals surface area contributed by atoms with Crippen LogP contribution >= 0.6 is 0 Å². The highest BCUT2D eigenvalue weighted by atomic mass is 16.7. The Balaban J connectivity index is 1.72. The van der Waals surface area contributed by atoms with Gasteiger partial charge in [-0.2, -0.15) is 0 Å². The van der Waals surface area contributed by atoms with Crippen molar-refractivity contribution in [2.24, 2.45) is 0 Å². The summed E-state index contributed by atoms with van der Waals surface area (Å²) in [5.74, 6) is -2.89. The van der Waals surface area contributed by atoms with Crippen LogP contribution in [0.2, 0.25) is 0 Å². The van der Waals surface area contributed by atoms with Crippen LogP contribution in [0.4, 0.5) is 0 Å². The molecule has 3 rings (SSSR count). The molecule has 27 heavy (non-hydrogen) atoms. The van der Waals surface area contributed by atoms with Crippen LogP contribution in [0.25, 0.3) is 6.08 Å². The van der Waals surface area contributed by atoms with Gasteiger partial charge >= 0.3 is 17.9 Å². The minimum Gasteiger partial charge on any atom is -0.423 e. The molecule has 2 aromatic carbocycles. The third-order valence-electron chi connectivity index (χ3n) is 3.81. The maximum Gasteiger partial charge on any atom is 0.348 e. The van der Waals surface area contributed by atoms with Gasteiger partial charge in [-0.3, -0.25) is 0 Å². The van der Waals surface area contributed by atoms with Gasteiger partial charge in [-0.05, 0) is 42.8 Å². The van der Waals surface area contributed by atoms with Gasteiger partial charge in [-0.25, -0.2) is 14.4 Å². The average molecular weight is 366 g/mol. The van der Waals surface area contributed by atoms with Crippen molar-refractivity contribution in [1.82, 2.24) is 0 Å². The largest absolute Gasteiger partial charge is 0.423 e. The van der Waals surface area contributed by atoms with Gasteiger partial charge in [0.1, 0.15) is 11.3 Å². The molecule has 1 saturated heterocycles. The van der Waals surface area contributed by atoms with Crippen LogP contribution in [-0.2, 0) is 19.1 Å². The second-order valence-electron chi connectivity index (χ2n) is 6.56. The first-order chi connectivity index (χ1) is 12.7. The van der Waals surface area contributed by atoms with Gasteiger partial charge in [0.05, 0.1) is 5.56 Å². The number of carbonyl (C=O) groups is 3. The first-order valence-corrected chi connectivity index (χ1v) is 8.31. The lowest BCUT2D eigenvalue weighted by atomic mass is 10.1. The number of aryl methyl sites for hydroxylation is 1. The van der Waals surface area contributed by atoms with Crippen LogP contribution in [0.1, 0.15) is 35.3 Å². The lowest BCUT2D eigenvalue weighted by Gasteiger charge is -2.29. The van der Waals surface area contributed by atoms with E-state index in [0.29, 0.717) is 16.9 Å². The maximum atomic E-state index is 12.1. The predicted molar refractivity (Wildman–Crippen MR) is 96.8 cm³/mol. The molecule has 6 nitrogen and oxygen atoms in total. The number of cyclic esters (lactones) is 2. The van der Waals surface area contributed by atoms with Crippen molar-refractivity contribution in [2.45, 2.75) is 26.6 Å². The summed E-state index contributed by atoms with van der Waals surface area (Å²) in [6.07, 6.45) is 1.37. The van der Waals surface area contributed by atoms with Gasteiger partial charge in [0, 0.05) is 13.8 Å². The Hall–Kier alpha value is -3.41. The quantitative estimate of drug-likeness (QED) is 0.358. The Labute approximate surface area is 156 Å². The zero-order valence-electron chi connectivity index (χ0n) is 15.1. The molecule has 0 bridgehead atoms. The molecule has 138 valence electrons. The molecular weight excluding hydrogens is 348 g/mol. The van der Waals surface area contributed by atoms with Gasteiger partial charge in [0.2, 0.25) is 0 Å². The fourth-order valence-corrected chi connectivity index (χ4v) is 2.43. The summed E-state index contributed by atoms with van der Waals surface area (Å²) in [6, 6.07) is 13.4. The minimum atomic E-state index is -1.28. The van der Waals surface area contributed by atoms with Crippen LogP contribution in [0.3, 0.4) is 0 Å².